The summed E-state index contributed by atoms with van der Waals surface area (Å²) in [5.41, 5.74) is 0.978. The summed E-state index contributed by atoms with van der Waals surface area (Å²) in [6, 6.07) is 5.48. The van der Waals surface area contributed by atoms with Crippen molar-refractivity contribution in [2.24, 2.45) is 0 Å². The van der Waals surface area contributed by atoms with Gasteiger partial charge in [0.2, 0.25) is 0 Å². The van der Waals surface area contributed by atoms with Crippen LogP contribution >= 0.6 is 24.8 Å². The van der Waals surface area contributed by atoms with Gasteiger partial charge < -0.3 is 10.1 Å². The number of hydrogen-bond acceptors (Lipinski definition) is 3. The van der Waals surface area contributed by atoms with Crippen LogP contribution in [0.25, 0.3) is 0 Å². The van der Waals surface area contributed by atoms with Gasteiger partial charge in [-0.25, -0.2) is 4.39 Å². The van der Waals surface area contributed by atoms with E-state index in [9.17, 15) is 4.39 Å². The molecule has 0 amide bonds. The van der Waals surface area contributed by atoms with Gasteiger partial charge in [0.15, 0.2) is 11.6 Å². The summed E-state index contributed by atoms with van der Waals surface area (Å²) >= 11 is 0. The van der Waals surface area contributed by atoms with Gasteiger partial charge in [0, 0.05) is 37.8 Å². The molecule has 0 unspecified atom stereocenters. The van der Waals surface area contributed by atoms with Gasteiger partial charge in [-0.05, 0) is 12.5 Å². The molecule has 0 saturated carbocycles. The zero-order valence-electron chi connectivity index (χ0n) is 12.6. The zero-order chi connectivity index (χ0) is 13.7. The molecule has 2 rings (SSSR count). The topological polar surface area (TPSA) is 24.5 Å². The zero-order valence-corrected chi connectivity index (χ0v) is 14.2. The lowest BCUT2D eigenvalue weighted by molar-refractivity contribution is 0.161. The minimum absolute atomic E-state index is 0. The predicted molar refractivity (Wildman–Crippen MR) is 89.5 cm³/mol. The molecule has 21 heavy (non-hydrogen) atoms. The maximum Gasteiger partial charge on any atom is 0.165 e. The second kappa shape index (κ2) is 10.2. The molecular formula is C15H25Cl2FN2O. The molecule has 1 heterocycles. The Bertz CT molecular complexity index is 415. The second-order valence-electron chi connectivity index (χ2n) is 4.95. The number of hydrogen-bond donors (Lipinski definition) is 1. The molecule has 1 fully saturated rings. The highest BCUT2D eigenvalue weighted by atomic mass is 35.5. The van der Waals surface area contributed by atoms with Crippen molar-refractivity contribution < 1.29 is 9.13 Å². The number of nitrogens with one attached hydrogen (secondary N) is 1. The highest BCUT2D eigenvalue weighted by Crippen LogP contribution is 2.34. The Morgan fingerprint density at radius 1 is 1.29 bits per heavy atom. The normalized spacial score (nSPS) is 16.5. The Balaban J connectivity index is 0.00000200. The summed E-state index contributed by atoms with van der Waals surface area (Å²) in [6.45, 7) is 6.17. The number of piperazine rings is 1. The van der Waals surface area contributed by atoms with E-state index in [0.29, 0.717) is 5.75 Å². The molecular weight excluding hydrogens is 314 g/mol. The molecule has 1 aliphatic heterocycles. The van der Waals surface area contributed by atoms with E-state index in [1.807, 2.05) is 6.07 Å². The average molecular weight is 339 g/mol. The fourth-order valence-electron chi connectivity index (χ4n) is 2.81. The molecule has 0 aliphatic carbocycles. The fourth-order valence-corrected chi connectivity index (χ4v) is 2.81. The van der Waals surface area contributed by atoms with Crippen LogP contribution in [0.3, 0.4) is 0 Å². The number of benzene rings is 1. The SMILES string of the molecule is CCC[C@@H](c1cccc(F)c1OC)N1CCNCC1.Cl.Cl. The number of ether oxygens (including phenoxy) is 1. The van der Waals surface area contributed by atoms with E-state index in [1.54, 1.807) is 13.2 Å². The lowest BCUT2D eigenvalue weighted by Crippen LogP contribution is -2.45. The van der Waals surface area contributed by atoms with Crippen molar-refractivity contribution in [2.75, 3.05) is 33.3 Å². The van der Waals surface area contributed by atoms with Gasteiger partial charge in [-0.3, -0.25) is 4.90 Å². The van der Waals surface area contributed by atoms with E-state index in [4.69, 9.17) is 4.74 Å². The standard InChI is InChI=1S/C15H23FN2O.2ClH/c1-3-5-14(18-10-8-17-9-11-18)12-6-4-7-13(16)15(12)19-2;;/h4,6-7,14,17H,3,5,8-11H2,1-2H3;2*1H/t14-;;/m0../s1. The summed E-state index contributed by atoms with van der Waals surface area (Å²) in [5.74, 6) is 0.135. The summed E-state index contributed by atoms with van der Waals surface area (Å²) in [4.78, 5) is 2.43. The number of rotatable bonds is 5. The second-order valence-corrected chi connectivity index (χ2v) is 4.95. The minimum atomic E-state index is -0.267. The maximum absolute atomic E-state index is 13.9. The predicted octanol–water partition coefficient (Wildman–Crippen LogP) is 3.42. The number of halogens is 3. The molecule has 0 aromatic heterocycles. The lowest BCUT2D eigenvalue weighted by atomic mass is 9.98. The van der Waals surface area contributed by atoms with E-state index in [-0.39, 0.29) is 36.7 Å². The van der Waals surface area contributed by atoms with Crippen LogP contribution in [0.1, 0.15) is 31.4 Å². The summed E-state index contributed by atoms with van der Waals surface area (Å²) < 4.78 is 19.1. The van der Waals surface area contributed by atoms with Crippen molar-refractivity contribution in [3.63, 3.8) is 0 Å². The van der Waals surface area contributed by atoms with Crippen molar-refractivity contribution >= 4 is 24.8 Å². The van der Waals surface area contributed by atoms with Crippen LogP contribution < -0.4 is 10.1 Å². The smallest absolute Gasteiger partial charge is 0.165 e. The Hall–Kier alpha value is -0.550. The molecule has 0 bridgehead atoms. The Morgan fingerprint density at radius 2 is 1.95 bits per heavy atom. The van der Waals surface area contributed by atoms with Crippen LogP contribution in [0.2, 0.25) is 0 Å². The monoisotopic (exact) mass is 338 g/mol. The van der Waals surface area contributed by atoms with Crippen LogP contribution in [0.4, 0.5) is 4.39 Å². The third kappa shape index (κ3) is 4.99. The van der Waals surface area contributed by atoms with E-state index < -0.39 is 0 Å². The van der Waals surface area contributed by atoms with Gasteiger partial charge in [-0.15, -0.1) is 24.8 Å². The van der Waals surface area contributed by atoms with Crippen LogP contribution in [-0.2, 0) is 0 Å². The van der Waals surface area contributed by atoms with Crippen LogP contribution in [0, 0.1) is 5.82 Å². The minimum Gasteiger partial charge on any atom is -0.493 e. The van der Waals surface area contributed by atoms with E-state index in [1.165, 1.54) is 6.07 Å². The summed E-state index contributed by atoms with van der Waals surface area (Å²) in [5, 5.41) is 3.36. The first kappa shape index (κ1) is 20.5. The van der Waals surface area contributed by atoms with Crippen molar-refractivity contribution in [3.8, 4) is 5.75 Å². The van der Waals surface area contributed by atoms with Crippen LogP contribution in [0.5, 0.6) is 5.75 Å². The molecule has 0 radical (unpaired) electrons. The molecule has 1 aliphatic rings. The highest BCUT2D eigenvalue weighted by molar-refractivity contribution is 5.85. The molecule has 0 spiro atoms. The van der Waals surface area contributed by atoms with Crippen molar-refractivity contribution in [1.29, 1.82) is 0 Å². The quantitative estimate of drug-likeness (QED) is 0.890. The lowest BCUT2D eigenvalue weighted by Gasteiger charge is -2.35. The van der Waals surface area contributed by atoms with Crippen LogP contribution in [-0.4, -0.2) is 38.2 Å². The van der Waals surface area contributed by atoms with Gasteiger partial charge >= 0.3 is 0 Å². The molecule has 122 valence electrons. The fraction of sp³-hybridized carbons (Fsp3) is 0.600. The van der Waals surface area contributed by atoms with Gasteiger partial charge in [-0.1, -0.05) is 25.5 Å². The molecule has 1 N–H and O–H groups in total. The van der Waals surface area contributed by atoms with E-state index in [0.717, 1.165) is 44.6 Å². The van der Waals surface area contributed by atoms with Gasteiger partial charge in [0.25, 0.3) is 0 Å². The Kier molecular flexibility index (Phi) is 9.95. The maximum atomic E-state index is 13.9. The van der Waals surface area contributed by atoms with E-state index >= 15 is 0 Å². The molecule has 3 nitrogen and oxygen atoms in total. The van der Waals surface area contributed by atoms with Gasteiger partial charge in [0.05, 0.1) is 7.11 Å². The van der Waals surface area contributed by atoms with Gasteiger partial charge in [-0.2, -0.15) is 0 Å². The number of nitrogens with zero attached hydrogens (tertiary/aromatic N) is 1. The largest absolute Gasteiger partial charge is 0.493 e. The summed E-state index contributed by atoms with van der Waals surface area (Å²) in [7, 11) is 1.54. The number of para-hydroxylation sites is 1. The van der Waals surface area contributed by atoms with Crippen molar-refractivity contribution in [2.45, 2.75) is 25.8 Å². The molecule has 6 heteroatoms. The van der Waals surface area contributed by atoms with Gasteiger partial charge in [0.1, 0.15) is 0 Å². The van der Waals surface area contributed by atoms with Crippen molar-refractivity contribution in [3.05, 3.63) is 29.6 Å². The van der Waals surface area contributed by atoms with E-state index in [2.05, 4.69) is 17.1 Å². The first-order valence-electron chi connectivity index (χ1n) is 7.05. The average Bonchev–Trinajstić information content (AvgIpc) is 2.45. The Morgan fingerprint density at radius 3 is 2.52 bits per heavy atom. The van der Waals surface area contributed by atoms with Crippen molar-refractivity contribution in [1.82, 2.24) is 10.2 Å². The third-order valence-corrected chi connectivity index (χ3v) is 3.72. The third-order valence-electron chi connectivity index (χ3n) is 3.72. The highest BCUT2D eigenvalue weighted by Gasteiger charge is 2.25. The Labute approximate surface area is 139 Å². The summed E-state index contributed by atoms with van der Waals surface area (Å²) in [6.07, 6.45) is 2.11. The molecule has 1 aromatic carbocycles. The molecule has 1 atom stereocenters. The van der Waals surface area contributed by atoms with Crippen LogP contribution in [0.15, 0.2) is 18.2 Å². The molecule has 1 saturated heterocycles. The number of methoxy groups -OCH3 is 1. The first-order chi connectivity index (χ1) is 9.27. The molecule has 1 aromatic rings. The first-order valence-corrected chi connectivity index (χ1v) is 7.05.